The fourth-order valence-corrected chi connectivity index (χ4v) is 2.37. The second-order valence-electron chi connectivity index (χ2n) is 4.89. The summed E-state index contributed by atoms with van der Waals surface area (Å²) in [7, 11) is 0. The van der Waals surface area contributed by atoms with Gasteiger partial charge >= 0.3 is 5.63 Å². The zero-order valence-corrected chi connectivity index (χ0v) is 11.1. The maximum Gasteiger partial charge on any atom is 0.347 e. The van der Waals surface area contributed by atoms with Crippen molar-refractivity contribution in [1.82, 2.24) is 9.97 Å². The van der Waals surface area contributed by atoms with Crippen LogP contribution in [0.2, 0.25) is 0 Å². The van der Waals surface area contributed by atoms with Crippen LogP contribution in [0, 0.1) is 5.82 Å². The van der Waals surface area contributed by atoms with Crippen LogP contribution in [0.3, 0.4) is 0 Å². The van der Waals surface area contributed by atoms with E-state index in [2.05, 4.69) is 9.97 Å². The molecule has 0 unspecified atom stereocenters. The molecule has 5 nitrogen and oxygen atoms in total. The molecular weight excluding hydrogens is 287 g/mol. The van der Waals surface area contributed by atoms with Gasteiger partial charge in [0.05, 0.1) is 11.0 Å². The van der Waals surface area contributed by atoms with E-state index in [4.69, 9.17) is 4.42 Å². The van der Waals surface area contributed by atoms with Gasteiger partial charge in [0.1, 0.15) is 17.0 Å². The molecule has 0 aliphatic heterocycles. The number of aromatic nitrogens is 2. The second kappa shape index (κ2) is 4.42. The first-order chi connectivity index (χ1) is 10.6. The Morgan fingerprint density at radius 2 is 2.00 bits per heavy atom. The quantitative estimate of drug-likeness (QED) is 0.529. The number of benzene rings is 2. The SMILES string of the molecule is O=c1oc2cc(O)c(F)cc2cc1-c1nc2ccccc2[nH]1. The molecule has 0 fully saturated rings. The van der Waals surface area contributed by atoms with Crippen LogP contribution in [0.4, 0.5) is 4.39 Å². The lowest BCUT2D eigenvalue weighted by Crippen LogP contribution is -2.03. The monoisotopic (exact) mass is 296 g/mol. The molecule has 0 amide bonds. The summed E-state index contributed by atoms with van der Waals surface area (Å²) in [4.78, 5) is 19.5. The lowest BCUT2D eigenvalue weighted by molar-refractivity contribution is 0.431. The maximum absolute atomic E-state index is 13.5. The summed E-state index contributed by atoms with van der Waals surface area (Å²) in [6.07, 6.45) is 0. The standard InChI is InChI=1S/C16H9FN2O3/c17-10-6-8-5-9(16(21)22-14(8)7-13(10)20)15-18-11-3-1-2-4-12(11)19-15/h1-7,20H,(H,18,19). The van der Waals surface area contributed by atoms with Gasteiger partial charge in [0.15, 0.2) is 11.6 Å². The highest BCUT2D eigenvalue weighted by atomic mass is 19.1. The molecule has 0 aliphatic rings. The fraction of sp³-hybridized carbons (Fsp3) is 0. The maximum atomic E-state index is 13.5. The van der Waals surface area contributed by atoms with Gasteiger partial charge in [-0.1, -0.05) is 12.1 Å². The Kier molecular flexibility index (Phi) is 2.53. The lowest BCUT2D eigenvalue weighted by Gasteiger charge is -2.01. The number of para-hydroxylation sites is 2. The number of rotatable bonds is 1. The van der Waals surface area contributed by atoms with E-state index in [0.717, 1.165) is 17.6 Å². The average Bonchev–Trinajstić information content (AvgIpc) is 2.92. The summed E-state index contributed by atoms with van der Waals surface area (Å²) in [5, 5.41) is 9.70. The van der Waals surface area contributed by atoms with Gasteiger partial charge in [-0.15, -0.1) is 0 Å². The van der Waals surface area contributed by atoms with E-state index in [1.54, 1.807) is 0 Å². The summed E-state index contributed by atoms with van der Waals surface area (Å²) in [6, 6.07) is 11.0. The molecule has 22 heavy (non-hydrogen) atoms. The number of nitrogens with zero attached hydrogens (tertiary/aromatic N) is 1. The minimum absolute atomic E-state index is 0.115. The number of nitrogens with one attached hydrogen (secondary N) is 1. The van der Waals surface area contributed by atoms with E-state index in [-0.39, 0.29) is 11.1 Å². The zero-order chi connectivity index (χ0) is 15.3. The van der Waals surface area contributed by atoms with E-state index in [0.29, 0.717) is 16.7 Å². The van der Waals surface area contributed by atoms with Crippen molar-refractivity contribution in [1.29, 1.82) is 0 Å². The third kappa shape index (κ3) is 1.85. The second-order valence-corrected chi connectivity index (χ2v) is 4.89. The van der Waals surface area contributed by atoms with Crippen LogP contribution in [0.5, 0.6) is 5.75 Å². The normalized spacial score (nSPS) is 11.3. The molecule has 2 N–H and O–H groups in total. The smallest absolute Gasteiger partial charge is 0.347 e. The summed E-state index contributed by atoms with van der Waals surface area (Å²) < 4.78 is 18.6. The molecule has 0 atom stereocenters. The molecule has 0 spiro atoms. The predicted octanol–water partition coefficient (Wildman–Crippen LogP) is 3.18. The van der Waals surface area contributed by atoms with Gasteiger partial charge in [0.2, 0.25) is 0 Å². The topological polar surface area (TPSA) is 79.1 Å². The van der Waals surface area contributed by atoms with Crippen molar-refractivity contribution in [2.24, 2.45) is 0 Å². The first-order valence-corrected chi connectivity index (χ1v) is 6.53. The van der Waals surface area contributed by atoms with Crippen LogP contribution in [0.25, 0.3) is 33.4 Å². The van der Waals surface area contributed by atoms with Crippen molar-refractivity contribution in [3.63, 3.8) is 0 Å². The minimum Gasteiger partial charge on any atom is -0.505 e. The highest BCUT2D eigenvalue weighted by Crippen LogP contribution is 2.26. The Morgan fingerprint density at radius 3 is 2.82 bits per heavy atom. The van der Waals surface area contributed by atoms with Gasteiger partial charge in [-0.3, -0.25) is 0 Å². The Morgan fingerprint density at radius 1 is 1.18 bits per heavy atom. The van der Waals surface area contributed by atoms with Crippen molar-refractivity contribution in [3.05, 3.63) is 58.7 Å². The number of H-pyrrole nitrogens is 1. The largest absolute Gasteiger partial charge is 0.505 e. The van der Waals surface area contributed by atoms with Crippen LogP contribution >= 0.6 is 0 Å². The molecule has 2 aromatic carbocycles. The van der Waals surface area contributed by atoms with Crippen molar-refractivity contribution < 1.29 is 13.9 Å². The van der Waals surface area contributed by atoms with Gasteiger partial charge in [-0.05, 0) is 24.3 Å². The van der Waals surface area contributed by atoms with Gasteiger partial charge in [0, 0.05) is 11.5 Å². The number of aromatic hydroxyl groups is 1. The predicted molar refractivity (Wildman–Crippen MR) is 79.2 cm³/mol. The molecule has 4 aromatic rings. The Hall–Kier alpha value is -3.15. The minimum atomic E-state index is -0.781. The number of hydrogen-bond donors (Lipinski definition) is 2. The first kappa shape index (κ1) is 12.6. The van der Waals surface area contributed by atoms with E-state index in [9.17, 15) is 14.3 Å². The van der Waals surface area contributed by atoms with Crippen LogP contribution in [0.15, 0.2) is 51.7 Å². The Labute approximate surface area is 122 Å². The Balaban J connectivity index is 1.99. The number of imidazole rings is 1. The molecule has 2 heterocycles. The summed E-state index contributed by atoms with van der Waals surface area (Å²) >= 11 is 0. The summed E-state index contributed by atoms with van der Waals surface area (Å²) in [6.45, 7) is 0. The van der Waals surface area contributed by atoms with Crippen LogP contribution in [0.1, 0.15) is 0 Å². The van der Waals surface area contributed by atoms with E-state index in [1.165, 1.54) is 6.07 Å². The third-order valence-corrected chi connectivity index (χ3v) is 3.45. The van der Waals surface area contributed by atoms with Crippen molar-refractivity contribution in [2.45, 2.75) is 0 Å². The number of phenolic OH excluding ortho intramolecular Hbond substituents is 1. The number of hydrogen-bond acceptors (Lipinski definition) is 4. The molecule has 0 bridgehead atoms. The van der Waals surface area contributed by atoms with Crippen molar-refractivity contribution in [2.75, 3.05) is 0 Å². The zero-order valence-electron chi connectivity index (χ0n) is 11.1. The number of halogens is 1. The number of fused-ring (bicyclic) bond motifs is 2. The van der Waals surface area contributed by atoms with E-state index < -0.39 is 17.2 Å². The van der Waals surface area contributed by atoms with Crippen LogP contribution in [-0.2, 0) is 0 Å². The van der Waals surface area contributed by atoms with E-state index >= 15 is 0 Å². The van der Waals surface area contributed by atoms with Gasteiger partial charge in [0.25, 0.3) is 0 Å². The summed E-state index contributed by atoms with van der Waals surface area (Å²) in [5.41, 5.74) is 1.21. The molecule has 0 saturated heterocycles. The molecule has 2 aromatic heterocycles. The molecule has 0 saturated carbocycles. The van der Waals surface area contributed by atoms with Crippen LogP contribution in [-0.4, -0.2) is 15.1 Å². The van der Waals surface area contributed by atoms with Gasteiger partial charge in [-0.2, -0.15) is 0 Å². The van der Waals surface area contributed by atoms with Crippen LogP contribution < -0.4 is 5.63 Å². The van der Waals surface area contributed by atoms with Crippen molar-refractivity contribution >= 4 is 22.0 Å². The molecular formula is C16H9FN2O3. The third-order valence-electron chi connectivity index (χ3n) is 3.45. The van der Waals surface area contributed by atoms with Crippen molar-refractivity contribution in [3.8, 4) is 17.1 Å². The molecule has 6 heteroatoms. The number of aromatic amines is 1. The number of phenols is 1. The lowest BCUT2D eigenvalue weighted by atomic mass is 10.1. The summed E-state index contributed by atoms with van der Waals surface area (Å²) in [5.74, 6) is -0.991. The van der Waals surface area contributed by atoms with Gasteiger partial charge < -0.3 is 14.5 Å². The molecule has 108 valence electrons. The molecule has 0 aliphatic carbocycles. The highest BCUT2D eigenvalue weighted by molar-refractivity contribution is 5.84. The highest BCUT2D eigenvalue weighted by Gasteiger charge is 2.13. The van der Waals surface area contributed by atoms with Gasteiger partial charge in [-0.25, -0.2) is 14.2 Å². The first-order valence-electron chi connectivity index (χ1n) is 6.53. The Bertz CT molecular complexity index is 1050. The molecule has 4 rings (SSSR count). The van der Waals surface area contributed by atoms with E-state index in [1.807, 2.05) is 24.3 Å². The fourth-order valence-electron chi connectivity index (χ4n) is 2.37. The average molecular weight is 296 g/mol. The molecule has 0 radical (unpaired) electrons.